The lowest BCUT2D eigenvalue weighted by Gasteiger charge is -2.21. The lowest BCUT2D eigenvalue weighted by atomic mass is 10.1. The smallest absolute Gasteiger partial charge is 0.356 e. The van der Waals surface area contributed by atoms with Gasteiger partial charge in [0.15, 0.2) is 6.23 Å². The molecule has 0 fully saturated rings. The van der Waals surface area contributed by atoms with E-state index < -0.39 is 27.7 Å². The predicted molar refractivity (Wildman–Crippen MR) is 100 cm³/mol. The van der Waals surface area contributed by atoms with Crippen LogP contribution < -0.4 is 5.32 Å². The number of hydrogen-bond donors (Lipinski definition) is 4. The van der Waals surface area contributed by atoms with Crippen LogP contribution in [0.2, 0.25) is 0 Å². The first-order valence-electron chi connectivity index (χ1n) is 7.97. The molecule has 2 atom stereocenters. The molecule has 0 aliphatic carbocycles. The molecular weight excluding hydrogens is 399 g/mol. The summed E-state index contributed by atoms with van der Waals surface area (Å²) in [6, 6.07) is 5.27. The standard InChI is InChI=1S/C16H24FNO7P2/c1-12(2)6-4-7-13(3)10-16(18-15-9-5-8-14(17)11-15)24-27(22,23)25-26(19,20)21/h5-6,8-11,16,18H,4,7H2,1-3H3,(H,22,23)(H2,19,20,21)/b13-10+. The Morgan fingerprint density at radius 1 is 1.26 bits per heavy atom. The summed E-state index contributed by atoms with van der Waals surface area (Å²) < 4.78 is 44.7. The number of hydrogen-bond acceptors (Lipinski definition) is 5. The van der Waals surface area contributed by atoms with Crippen LogP contribution >= 0.6 is 15.6 Å². The molecule has 0 amide bonds. The summed E-state index contributed by atoms with van der Waals surface area (Å²) >= 11 is 0. The van der Waals surface area contributed by atoms with Gasteiger partial charge in [-0.25, -0.2) is 13.5 Å². The zero-order valence-corrected chi connectivity index (χ0v) is 17.0. The van der Waals surface area contributed by atoms with Crippen molar-refractivity contribution in [2.45, 2.75) is 39.8 Å². The molecule has 1 rings (SSSR count). The number of anilines is 1. The molecule has 152 valence electrons. The summed E-state index contributed by atoms with van der Waals surface area (Å²) in [6.45, 7) is 5.67. The number of phosphoric ester groups is 1. The van der Waals surface area contributed by atoms with Crippen molar-refractivity contribution in [2.24, 2.45) is 0 Å². The van der Waals surface area contributed by atoms with Gasteiger partial charge in [-0.3, -0.25) is 4.52 Å². The Morgan fingerprint density at radius 2 is 1.93 bits per heavy atom. The third-order valence-electron chi connectivity index (χ3n) is 3.12. The Hall–Kier alpha value is -1.31. The highest BCUT2D eigenvalue weighted by Crippen LogP contribution is 2.58. The van der Waals surface area contributed by atoms with Crippen LogP contribution in [-0.2, 0) is 18.0 Å². The summed E-state index contributed by atoms with van der Waals surface area (Å²) in [4.78, 5) is 27.0. The fourth-order valence-electron chi connectivity index (χ4n) is 2.07. The van der Waals surface area contributed by atoms with Gasteiger partial charge in [0.1, 0.15) is 5.82 Å². The Labute approximate surface area is 157 Å². The van der Waals surface area contributed by atoms with Crippen LogP contribution in [0.25, 0.3) is 0 Å². The van der Waals surface area contributed by atoms with Crippen LogP contribution in [0, 0.1) is 5.82 Å². The third-order valence-corrected chi connectivity index (χ3v) is 5.29. The fourth-order valence-corrected chi connectivity index (χ4v) is 3.70. The number of allylic oxidation sites excluding steroid dienone is 3. The van der Waals surface area contributed by atoms with E-state index in [9.17, 15) is 18.4 Å². The Kier molecular flexibility index (Phi) is 9.05. The van der Waals surface area contributed by atoms with Gasteiger partial charge in [-0.05, 0) is 57.9 Å². The van der Waals surface area contributed by atoms with E-state index in [1.54, 1.807) is 6.92 Å². The average Bonchev–Trinajstić information content (AvgIpc) is 2.43. The van der Waals surface area contributed by atoms with E-state index in [0.29, 0.717) is 6.42 Å². The van der Waals surface area contributed by atoms with Gasteiger partial charge in [-0.2, -0.15) is 4.31 Å². The van der Waals surface area contributed by atoms with Gasteiger partial charge in [0.2, 0.25) is 0 Å². The van der Waals surface area contributed by atoms with E-state index in [0.717, 1.165) is 23.6 Å². The van der Waals surface area contributed by atoms with Gasteiger partial charge in [0, 0.05) is 5.69 Å². The number of nitrogens with one attached hydrogen (secondary N) is 1. The van der Waals surface area contributed by atoms with Gasteiger partial charge in [-0.1, -0.05) is 23.3 Å². The lowest BCUT2D eigenvalue weighted by Crippen LogP contribution is -2.20. The minimum atomic E-state index is -5.25. The molecular formula is C16H24FNO7P2. The van der Waals surface area contributed by atoms with Gasteiger partial charge >= 0.3 is 15.6 Å². The highest BCUT2D eigenvalue weighted by molar-refractivity contribution is 7.60. The number of benzene rings is 1. The van der Waals surface area contributed by atoms with Crippen molar-refractivity contribution in [3.8, 4) is 0 Å². The van der Waals surface area contributed by atoms with Crippen LogP contribution in [0.5, 0.6) is 0 Å². The summed E-state index contributed by atoms with van der Waals surface area (Å²) in [5, 5.41) is 2.67. The van der Waals surface area contributed by atoms with E-state index in [2.05, 4.69) is 9.63 Å². The maximum atomic E-state index is 13.3. The lowest BCUT2D eigenvalue weighted by molar-refractivity contribution is 0.162. The molecule has 1 aromatic carbocycles. The van der Waals surface area contributed by atoms with Gasteiger partial charge in [-0.15, -0.1) is 0 Å². The fraction of sp³-hybridized carbons (Fsp3) is 0.375. The highest BCUT2D eigenvalue weighted by Gasteiger charge is 2.34. The molecule has 0 saturated carbocycles. The summed E-state index contributed by atoms with van der Waals surface area (Å²) in [7, 11) is -10.3. The van der Waals surface area contributed by atoms with E-state index in [1.807, 2.05) is 19.9 Å². The molecule has 0 radical (unpaired) electrons. The van der Waals surface area contributed by atoms with Crippen molar-refractivity contribution in [3.63, 3.8) is 0 Å². The molecule has 27 heavy (non-hydrogen) atoms. The molecule has 0 aliphatic heterocycles. The SMILES string of the molecule is CC(C)=CCC/C(C)=C/C(Nc1cccc(F)c1)OP(=O)(O)OP(=O)(O)O. The van der Waals surface area contributed by atoms with Gasteiger partial charge in [0.05, 0.1) is 0 Å². The van der Waals surface area contributed by atoms with Crippen molar-refractivity contribution in [2.75, 3.05) is 5.32 Å². The molecule has 1 aromatic rings. The maximum absolute atomic E-state index is 13.3. The van der Waals surface area contributed by atoms with Crippen LogP contribution in [0.1, 0.15) is 33.6 Å². The summed E-state index contributed by atoms with van der Waals surface area (Å²) in [5.41, 5.74) is 2.16. The largest absolute Gasteiger partial charge is 0.483 e. The van der Waals surface area contributed by atoms with Crippen molar-refractivity contribution < 1.29 is 37.0 Å². The van der Waals surface area contributed by atoms with Gasteiger partial charge in [0.25, 0.3) is 0 Å². The van der Waals surface area contributed by atoms with Crippen molar-refractivity contribution in [1.82, 2.24) is 0 Å². The van der Waals surface area contributed by atoms with Crippen molar-refractivity contribution in [3.05, 3.63) is 53.4 Å². The molecule has 2 unspecified atom stereocenters. The molecule has 4 N–H and O–H groups in total. The average molecular weight is 423 g/mol. The van der Waals surface area contributed by atoms with E-state index >= 15 is 0 Å². The van der Waals surface area contributed by atoms with Gasteiger partial charge < -0.3 is 20.0 Å². The molecule has 11 heteroatoms. The Balaban J connectivity index is 2.99. The first-order chi connectivity index (χ1) is 12.4. The minimum Gasteiger partial charge on any atom is -0.356 e. The topological polar surface area (TPSA) is 125 Å². The monoisotopic (exact) mass is 423 g/mol. The van der Waals surface area contributed by atoms with E-state index in [1.165, 1.54) is 24.3 Å². The maximum Gasteiger partial charge on any atom is 0.483 e. The first-order valence-corrected chi connectivity index (χ1v) is 11.0. The highest BCUT2D eigenvalue weighted by atomic mass is 31.3. The zero-order valence-electron chi connectivity index (χ0n) is 15.2. The predicted octanol–water partition coefficient (Wildman–Crippen LogP) is 4.48. The van der Waals surface area contributed by atoms with E-state index in [4.69, 9.17) is 14.3 Å². The number of rotatable bonds is 10. The molecule has 8 nitrogen and oxygen atoms in total. The Morgan fingerprint density at radius 3 is 2.48 bits per heavy atom. The second-order valence-corrected chi connectivity index (χ2v) is 8.84. The normalized spacial score (nSPS) is 15.7. The molecule has 0 bridgehead atoms. The van der Waals surface area contributed by atoms with Crippen LogP contribution in [-0.4, -0.2) is 20.9 Å². The van der Waals surface area contributed by atoms with Crippen LogP contribution in [0.15, 0.2) is 47.6 Å². The number of phosphoric acid groups is 2. The summed E-state index contributed by atoms with van der Waals surface area (Å²) in [5.74, 6) is -0.540. The van der Waals surface area contributed by atoms with E-state index in [-0.39, 0.29) is 5.69 Å². The second kappa shape index (κ2) is 10.3. The molecule has 0 heterocycles. The third kappa shape index (κ3) is 11.2. The zero-order chi connectivity index (χ0) is 20.7. The minimum absolute atomic E-state index is 0.240. The second-order valence-electron chi connectivity index (χ2n) is 6.05. The van der Waals surface area contributed by atoms with Crippen LogP contribution in [0.3, 0.4) is 0 Å². The quantitative estimate of drug-likeness (QED) is 0.247. The number of halogens is 1. The molecule has 0 spiro atoms. The molecule has 0 saturated heterocycles. The first kappa shape index (κ1) is 23.7. The van der Waals surface area contributed by atoms with Crippen molar-refractivity contribution in [1.29, 1.82) is 0 Å². The molecule has 0 aliphatic rings. The molecule has 0 aromatic heterocycles. The summed E-state index contributed by atoms with van der Waals surface area (Å²) in [6.07, 6.45) is 3.52. The van der Waals surface area contributed by atoms with Crippen molar-refractivity contribution >= 4 is 21.3 Å². The van der Waals surface area contributed by atoms with Crippen LogP contribution in [0.4, 0.5) is 10.1 Å². The Bertz CT molecular complexity index is 787.